The summed E-state index contributed by atoms with van der Waals surface area (Å²) in [5.41, 5.74) is 0.956. The molecule has 0 unspecified atom stereocenters. The number of benzene rings is 1. The van der Waals surface area contributed by atoms with Crippen LogP contribution in [-0.4, -0.2) is 36.5 Å². The molecule has 0 spiro atoms. The predicted molar refractivity (Wildman–Crippen MR) is 84.7 cm³/mol. The molecule has 1 aliphatic heterocycles. The van der Waals surface area contributed by atoms with Gasteiger partial charge in [0.2, 0.25) is 0 Å². The van der Waals surface area contributed by atoms with Gasteiger partial charge in [0.05, 0.1) is 4.92 Å². The summed E-state index contributed by atoms with van der Waals surface area (Å²) in [5.74, 6) is 0.799. The van der Waals surface area contributed by atoms with Gasteiger partial charge < -0.3 is 5.32 Å². The van der Waals surface area contributed by atoms with E-state index in [4.69, 9.17) is 11.6 Å². The maximum Gasteiger partial charge on any atom is 0.288 e. The van der Waals surface area contributed by atoms with Gasteiger partial charge in [-0.3, -0.25) is 15.0 Å². The van der Waals surface area contributed by atoms with E-state index in [0.29, 0.717) is 0 Å². The second kappa shape index (κ2) is 7.73. The van der Waals surface area contributed by atoms with Gasteiger partial charge in [-0.05, 0) is 63.5 Å². The average molecular weight is 312 g/mol. The largest absolute Gasteiger partial charge is 0.320 e. The molecule has 2 rings (SSSR count). The number of piperidine rings is 1. The summed E-state index contributed by atoms with van der Waals surface area (Å²) in [4.78, 5) is 12.9. The maximum absolute atomic E-state index is 10.9. The first kappa shape index (κ1) is 16.2. The summed E-state index contributed by atoms with van der Waals surface area (Å²) in [7, 11) is 1.99. The van der Waals surface area contributed by atoms with Gasteiger partial charge in [-0.15, -0.1) is 0 Å². The zero-order valence-electron chi connectivity index (χ0n) is 12.3. The number of nitrogens with one attached hydrogen (secondary N) is 1. The van der Waals surface area contributed by atoms with Crippen molar-refractivity contribution >= 4 is 17.3 Å². The topological polar surface area (TPSA) is 58.4 Å². The Bertz CT molecular complexity index is 488. The highest BCUT2D eigenvalue weighted by Gasteiger charge is 2.20. The number of nitro benzene ring substituents is 1. The third-order valence-corrected chi connectivity index (χ3v) is 4.44. The molecule has 1 heterocycles. The molecule has 1 aliphatic rings. The van der Waals surface area contributed by atoms with E-state index >= 15 is 0 Å². The van der Waals surface area contributed by atoms with Crippen LogP contribution < -0.4 is 5.32 Å². The van der Waals surface area contributed by atoms with Crippen LogP contribution in [0, 0.1) is 16.0 Å². The molecule has 116 valence electrons. The number of nitro groups is 1. The molecular weight excluding hydrogens is 290 g/mol. The lowest BCUT2D eigenvalue weighted by atomic mass is 9.93. The van der Waals surface area contributed by atoms with Crippen molar-refractivity contribution in [2.45, 2.75) is 25.8 Å². The summed E-state index contributed by atoms with van der Waals surface area (Å²) >= 11 is 5.84. The first-order valence-corrected chi connectivity index (χ1v) is 7.77. The SMILES string of the molecule is CNCCC1CCN(Cc2ccc(Cl)c([N+](=O)[O-])c2)CC1. The lowest BCUT2D eigenvalue weighted by Crippen LogP contribution is -2.34. The van der Waals surface area contributed by atoms with Crippen molar-refractivity contribution in [3.05, 3.63) is 38.9 Å². The van der Waals surface area contributed by atoms with Crippen LogP contribution in [0.15, 0.2) is 18.2 Å². The molecule has 0 radical (unpaired) electrons. The molecule has 1 saturated heterocycles. The molecule has 0 atom stereocenters. The minimum absolute atomic E-state index is 0.00178. The quantitative estimate of drug-likeness (QED) is 0.648. The minimum atomic E-state index is -0.421. The van der Waals surface area contributed by atoms with E-state index in [9.17, 15) is 10.1 Å². The number of halogens is 1. The molecule has 1 N–H and O–H groups in total. The van der Waals surface area contributed by atoms with Crippen molar-refractivity contribution in [3.8, 4) is 0 Å². The fourth-order valence-corrected chi connectivity index (χ4v) is 3.02. The van der Waals surface area contributed by atoms with Gasteiger partial charge >= 0.3 is 0 Å². The Balaban J connectivity index is 1.89. The first-order chi connectivity index (χ1) is 10.1. The average Bonchev–Trinajstić information content (AvgIpc) is 2.48. The van der Waals surface area contributed by atoms with Gasteiger partial charge in [-0.25, -0.2) is 0 Å². The normalized spacial score (nSPS) is 17.0. The lowest BCUT2D eigenvalue weighted by molar-refractivity contribution is -0.384. The summed E-state index contributed by atoms with van der Waals surface area (Å²) in [6.07, 6.45) is 3.64. The van der Waals surface area contributed by atoms with E-state index < -0.39 is 4.92 Å². The van der Waals surface area contributed by atoms with E-state index in [-0.39, 0.29) is 10.7 Å². The number of hydrogen-bond donors (Lipinski definition) is 1. The first-order valence-electron chi connectivity index (χ1n) is 7.40. The molecule has 6 heteroatoms. The molecule has 0 aliphatic carbocycles. The van der Waals surface area contributed by atoms with Crippen molar-refractivity contribution in [2.24, 2.45) is 5.92 Å². The van der Waals surface area contributed by atoms with E-state index in [0.717, 1.165) is 37.7 Å². The number of hydrogen-bond acceptors (Lipinski definition) is 4. The van der Waals surface area contributed by atoms with Gasteiger partial charge in [-0.2, -0.15) is 0 Å². The monoisotopic (exact) mass is 311 g/mol. The number of nitrogens with zero attached hydrogens (tertiary/aromatic N) is 2. The third kappa shape index (κ3) is 4.66. The van der Waals surface area contributed by atoms with Crippen molar-refractivity contribution in [1.29, 1.82) is 0 Å². The highest BCUT2D eigenvalue weighted by molar-refractivity contribution is 6.32. The van der Waals surface area contributed by atoms with Crippen molar-refractivity contribution in [2.75, 3.05) is 26.7 Å². The number of likely N-dealkylation sites (tertiary alicyclic amines) is 1. The van der Waals surface area contributed by atoms with Crippen LogP contribution in [0.2, 0.25) is 5.02 Å². The molecule has 0 bridgehead atoms. The second-order valence-electron chi connectivity index (χ2n) is 5.65. The number of rotatable bonds is 6. The Morgan fingerprint density at radius 3 is 2.76 bits per heavy atom. The Morgan fingerprint density at radius 2 is 2.14 bits per heavy atom. The molecule has 21 heavy (non-hydrogen) atoms. The van der Waals surface area contributed by atoms with Crippen LogP contribution in [0.4, 0.5) is 5.69 Å². The van der Waals surface area contributed by atoms with Crippen molar-refractivity contribution < 1.29 is 4.92 Å². The van der Waals surface area contributed by atoms with Crippen molar-refractivity contribution in [3.63, 3.8) is 0 Å². The van der Waals surface area contributed by atoms with E-state index in [1.54, 1.807) is 12.1 Å². The minimum Gasteiger partial charge on any atom is -0.320 e. The molecule has 0 aromatic heterocycles. The van der Waals surface area contributed by atoms with Crippen LogP contribution in [0.25, 0.3) is 0 Å². The van der Waals surface area contributed by atoms with E-state index in [1.807, 2.05) is 13.1 Å². The van der Waals surface area contributed by atoms with Crippen LogP contribution >= 0.6 is 11.6 Å². The van der Waals surface area contributed by atoms with Crippen LogP contribution in [0.1, 0.15) is 24.8 Å². The zero-order valence-corrected chi connectivity index (χ0v) is 13.1. The summed E-state index contributed by atoms with van der Waals surface area (Å²) in [6, 6.07) is 5.09. The fourth-order valence-electron chi connectivity index (χ4n) is 2.84. The molecule has 1 aromatic carbocycles. The molecule has 0 saturated carbocycles. The Hall–Kier alpha value is -1.17. The van der Waals surface area contributed by atoms with Gasteiger partial charge in [-0.1, -0.05) is 17.7 Å². The summed E-state index contributed by atoms with van der Waals surface area (Å²) < 4.78 is 0. The summed E-state index contributed by atoms with van der Waals surface area (Å²) in [5, 5.41) is 14.3. The Kier molecular flexibility index (Phi) is 5.96. The van der Waals surface area contributed by atoms with Crippen LogP contribution in [-0.2, 0) is 6.54 Å². The van der Waals surface area contributed by atoms with E-state index in [1.165, 1.54) is 19.3 Å². The highest BCUT2D eigenvalue weighted by atomic mass is 35.5. The van der Waals surface area contributed by atoms with Crippen molar-refractivity contribution in [1.82, 2.24) is 10.2 Å². The van der Waals surface area contributed by atoms with E-state index in [2.05, 4.69) is 10.2 Å². The molecule has 5 nitrogen and oxygen atoms in total. The molecule has 1 fully saturated rings. The summed E-state index contributed by atoms with van der Waals surface area (Å²) in [6.45, 7) is 3.96. The van der Waals surface area contributed by atoms with Gasteiger partial charge in [0, 0.05) is 12.6 Å². The molecule has 1 aromatic rings. The van der Waals surface area contributed by atoms with Crippen LogP contribution in [0.3, 0.4) is 0 Å². The van der Waals surface area contributed by atoms with Gasteiger partial charge in [0.15, 0.2) is 0 Å². The smallest absolute Gasteiger partial charge is 0.288 e. The lowest BCUT2D eigenvalue weighted by Gasteiger charge is -2.32. The van der Waals surface area contributed by atoms with Gasteiger partial charge in [0.25, 0.3) is 5.69 Å². The molecule has 0 amide bonds. The highest BCUT2D eigenvalue weighted by Crippen LogP contribution is 2.27. The standard InChI is InChI=1S/C15H22ClN3O2/c1-17-7-4-12-5-8-18(9-6-12)11-13-2-3-14(16)15(10-13)19(20)21/h2-3,10,12,17H,4-9,11H2,1H3. The Morgan fingerprint density at radius 1 is 1.43 bits per heavy atom. The fraction of sp³-hybridized carbons (Fsp3) is 0.600. The molecular formula is C15H22ClN3O2. The maximum atomic E-state index is 10.9. The predicted octanol–water partition coefficient (Wildman–Crippen LogP) is 3.07. The third-order valence-electron chi connectivity index (χ3n) is 4.12. The Labute approximate surface area is 130 Å². The van der Waals surface area contributed by atoms with Crippen LogP contribution in [0.5, 0.6) is 0 Å². The zero-order chi connectivity index (χ0) is 15.2. The second-order valence-corrected chi connectivity index (χ2v) is 6.06. The van der Waals surface area contributed by atoms with Gasteiger partial charge in [0.1, 0.15) is 5.02 Å².